The first-order valence-corrected chi connectivity index (χ1v) is 5.80. The van der Waals surface area contributed by atoms with E-state index in [0.29, 0.717) is 0 Å². The number of alkyl halides is 4. The molecule has 3 nitrogen and oxygen atoms in total. The average molecular weight is 249 g/mol. The SMILES string of the molecule is C[C@@H]1CN(S(=O)(=O)C(F)F)CC(F)(F)C1. The smallest absolute Gasteiger partial charge is 0.206 e. The molecule has 0 unspecified atom stereocenters. The third kappa shape index (κ3) is 2.81. The van der Waals surface area contributed by atoms with Gasteiger partial charge in [-0.25, -0.2) is 17.2 Å². The zero-order chi connectivity index (χ0) is 11.9. The van der Waals surface area contributed by atoms with Gasteiger partial charge in [-0.2, -0.15) is 13.1 Å². The van der Waals surface area contributed by atoms with Crippen LogP contribution >= 0.6 is 0 Å². The van der Waals surface area contributed by atoms with E-state index in [1.165, 1.54) is 6.92 Å². The fourth-order valence-corrected chi connectivity index (χ4v) is 2.67. The summed E-state index contributed by atoms with van der Waals surface area (Å²) in [4.78, 5) is 0. The van der Waals surface area contributed by atoms with Gasteiger partial charge in [0, 0.05) is 13.0 Å². The maximum absolute atomic E-state index is 12.9. The first-order valence-electron chi connectivity index (χ1n) is 4.30. The topological polar surface area (TPSA) is 37.4 Å². The van der Waals surface area contributed by atoms with Gasteiger partial charge in [0.25, 0.3) is 15.9 Å². The molecule has 1 heterocycles. The van der Waals surface area contributed by atoms with E-state index in [9.17, 15) is 26.0 Å². The van der Waals surface area contributed by atoms with Gasteiger partial charge < -0.3 is 0 Å². The number of nitrogens with zero attached hydrogens (tertiary/aromatic N) is 1. The molecule has 0 saturated carbocycles. The lowest BCUT2D eigenvalue weighted by Crippen LogP contribution is -2.50. The van der Waals surface area contributed by atoms with Gasteiger partial charge in [-0.3, -0.25) is 0 Å². The van der Waals surface area contributed by atoms with Gasteiger partial charge in [0.1, 0.15) is 0 Å². The molecule has 0 bridgehead atoms. The van der Waals surface area contributed by atoms with Crippen molar-refractivity contribution in [3.63, 3.8) is 0 Å². The Balaban J connectivity index is 2.89. The molecule has 0 spiro atoms. The van der Waals surface area contributed by atoms with E-state index in [1.54, 1.807) is 0 Å². The summed E-state index contributed by atoms with van der Waals surface area (Å²) >= 11 is 0. The van der Waals surface area contributed by atoms with Crippen molar-refractivity contribution in [3.8, 4) is 0 Å². The second-order valence-electron chi connectivity index (χ2n) is 3.76. The molecule has 1 fully saturated rings. The van der Waals surface area contributed by atoms with Crippen LogP contribution in [-0.4, -0.2) is 37.5 Å². The minimum Gasteiger partial charge on any atom is -0.206 e. The summed E-state index contributed by atoms with van der Waals surface area (Å²) in [6.07, 6.45) is -0.470. The molecule has 1 atom stereocenters. The molecule has 0 aromatic carbocycles. The molecule has 0 aromatic heterocycles. The Morgan fingerprint density at radius 2 is 1.93 bits per heavy atom. The van der Waals surface area contributed by atoms with Gasteiger partial charge in [-0.15, -0.1) is 0 Å². The van der Waals surface area contributed by atoms with Crippen LogP contribution in [0.15, 0.2) is 0 Å². The highest BCUT2D eigenvalue weighted by Gasteiger charge is 2.45. The van der Waals surface area contributed by atoms with Gasteiger partial charge in [-0.05, 0) is 5.92 Å². The number of rotatable bonds is 2. The van der Waals surface area contributed by atoms with Gasteiger partial charge in [0.05, 0.1) is 6.54 Å². The number of piperidine rings is 1. The normalized spacial score (nSPS) is 28.3. The van der Waals surface area contributed by atoms with Gasteiger partial charge in [-0.1, -0.05) is 6.92 Å². The highest BCUT2D eigenvalue weighted by atomic mass is 32.2. The lowest BCUT2D eigenvalue weighted by atomic mass is 9.99. The predicted molar refractivity (Wildman–Crippen MR) is 45.2 cm³/mol. The third-order valence-electron chi connectivity index (χ3n) is 2.16. The van der Waals surface area contributed by atoms with Crippen LogP contribution in [0.2, 0.25) is 0 Å². The van der Waals surface area contributed by atoms with E-state index < -0.39 is 40.6 Å². The monoisotopic (exact) mass is 249 g/mol. The molecule has 15 heavy (non-hydrogen) atoms. The summed E-state index contributed by atoms with van der Waals surface area (Å²) in [5.41, 5.74) is 0. The molecule has 1 saturated heterocycles. The summed E-state index contributed by atoms with van der Waals surface area (Å²) in [7, 11) is -4.88. The first kappa shape index (κ1) is 12.7. The highest BCUT2D eigenvalue weighted by Crippen LogP contribution is 2.32. The summed E-state index contributed by atoms with van der Waals surface area (Å²) in [6, 6.07) is 0. The molecule has 0 amide bonds. The molecule has 0 aromatic rings. The fraction of sp³-hybridized carbons (Fsp3) is 1.00. The number of sulfonamides is 1. The predicted octanol–water partition coefficient (Wildman–Crippen LogP) is 1.52. The average Bonchev–Trinajstić information content (AvgIpc) is 1.99. The molecule has 0 aliphatic carbocycles. The summed E-state index contributed by atoms with van der Waals surface area (Å²) < 4.78 is 72.2. The maximum Gasteiger partial charge on any atom is 0.350 e. The Morgan fingerprint density at radius 1 is 1.40 bits per heavy atom. The summed E-state index contributed by atoms with van der Waals surface area (Å²) in [5.74, 6) is -7.49. The van der Waals surface area contributed by atoms with Crippen molar-refractivity contribution < 1.29 is 26.0 Å². The van der Waals surface area contributed by atoms with Crippen molar-refractivity contribution in [2.45, 2.75) is 25.0 Å². The van der Waals surface area contributed by atoms with Crippen LogP contribution in [0, 0.1) is 5.92 Å². The number of hydrogen-bond donors (Lipinski definition) is 0. The second-order valence-corrected chi connectivity index (χ2v) is 5.67. The van der Waals surface area contributed by atoms with Crippen molar-refractivity contribution >= 4 is 10.0 Å². The lowest BCUT2D eigenvalue weighted by molar-refractivity contribution is -0.0613. The molecule has 8 heteroatoms. The van der Waals surface area contributed by atoms with Crippen molar-refractivity contribution in [1.82, 2.24) is 4.31 Å². The Labute approximate surface area is 85.1 Å². The van der Waals surface area contributed by atoms with Crippen LogP contribution in [0.5, 0.6) is 0 Å². The molecule has 1 aliphatic rings. The third-order valence-corrected chi connectivity index (χ3v) is 3.60. The van der Waals surface area contributed by atoms with E-state index in [1.807, 2.05) is 0 Å². The van der Waals surface area contributed by atoms with Crippen molar-refractivity contribution in [2.24, 2.45) is 5.92 Å². The molecule has 90 valence electrons. The maximum atomic E-state index is 12.9. The van der Waals surface area contributed by atoms with E-state index in [2.05, 4.69) is 0 Å². The van der Waals surface area contributed by atoms with Crippen LogP contribution in [0.1, 0.15) is 13.3 Å². The van der Waals surface area contributed by atoms with Crippen LogP contribution in [0.4, 0.5) is 17.6 Å². The molecular weight excluding hydrogens is 238 g/mol. The quantitative estimate of drug-likeness (QED) is 0.696. The van der Waals surface area contributed by atoms with Crippen molar-refractivity contribution in [3.05, 3.63) is 0 Å². The van der Waals surface area contributed by atoms with Crippen molar-refractivity contribution in [2.75, 3.05) is 13.1 Å². The summed E-state index contributed by atoms with van der Waals surface area (Å²) in [5, 5.41) is 0. The standard InChI is InChI=1S/C7H11F4NO2S/c1-5-2-7(10,11)4-12(3-5)15(13,14)6(8)9/h5-6H,2-4H2,1H3/t5-/m0/s1. The Bertz CT molecular complexity index is 330. The largest absolute Gasteiger partial charge is 0.350 e. The van der Waals surface area contributed by atoms with E-state index in [0.717, 1.165) is 0 Å². The van der Waals surface area contributed by atoms with Gasteiger partial charge >= 0.3 is 5.76 Å². The molecule has 0 radical (unpaired) electrons. The highest BCUT2D eigenvalue weighted by molar-refractivity contribution is 7.89. The molecule has 0 N–H and O–H groups in total. The number of hydrogen-bond acceptors (Lipinski definition) is 2. The molecular formula is C7H11F4NO2S. The van der Waals surface area contributed by atoms with E-state index in [-0.39, 0.29) is 10.8 Å². The Kier molecular flexibility index (Phi) is 3.30. The van der Waals surface area contributed by atoms with Gasteiger partial charge in [0.2, 0.25) is 0 Å². The van der Waals surface area contributed by atoms with Crippen molar-refractivity contribution in [1.29, 1.82) is 0 Å². The Morgan fingerprint density at radius 3 is 2.33 bits per heavy atom. The minimum absolute atomic E-state index is 0.172. The van der Waals surface area contributed by atoms with Crippen LogP contribution in [-0.2, 0) is 10.0 Å². The molecule has 1 rings (SSSR count). The second kappa shape index (κ2) is 3.89. The minimum atomic E-state index is -4.88. The summed E-state index contributed by atoms with van der Waals surface area (Å²) in [6.45, 7) is -0.0205. The molecule has 1 aliphatic heterocycles. The van der Waals surface area contributed by atoms with E-state index in [4.69, 9.17) is 0 Å². The van der Waals surface area contributed by atoms with Crippen LogP contribution in [0.25, 0.3) is 0 Å². The zero-order valence-corrected chi connectivity index (χ0v) is 8.78. The van der Waals surface area contributed by atoms with Crippen LogP contribution in [0.3, 0.4) is 0 Å². The number of halogens is 4. The van der Waals surface area contributed by atoms with E-state index >= 15 is 0 Å². The lowest BCUT2D eigenvalue weighted by Gasteiger charge is -2.34. The zero-order valence-electron chi connectivity index (χ0n) is 7.96. The Hall–Kier alpha value is -0.370. The van der Waals surface area contributed by atoms with Crippen LogP contribution < -0.4 is 0 Å². The first-order chi connectivity index (χ1) is 6.65. The fourth-order valence-electron chi connectivity index (χ4n) is 1.62. The van der Waals surface area contributed by atoms with Gasteiger partial charge in [0.15, 0.2) is 0 Å².